The Morgan fingerprint density at radius 3 is 2.76 bits per heavy atom. The van der Waals surface area contributed by atoms with Gasteiger partial charge in [0.1, 0.15) is 5.54 Å². The minimum Gasteiger partial charge on any atom is -0.480 e. The molecule has 0 aliphatic heterocycles. The fourth-order valence-electron chi connectivity index (χ4n) is 1.07. The summed E-state index contributed by atoms with van der Waals surface area (Å²) in [5.41, 5.74) is 4.41. The molecule has 0 spiro atoms. The van der Waals surface area contributed by atoms with Gasteiger partial charge < -0.3 is 10.8 Å². The summed E-state index contributed by atoms with van der Waals surface area (Å²) in [5.74, 6) is -0.436. The molecule has 0 amide bonds. The number of benzene rings is 1. The topological polar surface area (TPSA) is 63.3 Å². The summed E-state index contributed by atoms with van der Waals surface area (Å²) in [6.45, 7) is 1.50. The van der Waals surface area contributed by atoms with E-state index in [4.69, 9.17) is 34.0 Å². The first kappa shape index (κ1) is 14.6. The number of thioether (sulfide) groups is 1. The summed E-state index contributed by atoms with van der Waals surface area (Å²) < 4.78 is 0. The molecule has 0 aromatic heterocycles. The summed E-state index contributed by atoms with van der Waals surface area (Å²) in [6, 6.07) is 5.17. The Morgan fingerprint density at radius 2 is 2.18 bits per heavy atom. The van der Waals surface area contributed by atoms with E-state index in [0.717, 1.165) is 4.90 Å². The van der Waals surface area contributed by atoms with Crippen molar-refractivity contribution in [2.75, 3.05) is 5.75 Å². The summed E-state index contributed by atoms with van der Waals surface area (Å²) in [7, 11) is 0. The van der Waals surface area contributed by atoms with Gasteiger partial charge in [-0.25, -0.2) is 0 Å². The highest BCUT2D eigenvalue weighted by molar-refractivity contribution is 7.99. The van der Waals surface area contributed by atoms with Gasteiger partial charge in [0.25, 0.3) is 0 Å². The number of hydrogen-bond donors (Lipinski definition) is 2. The predicted molar refractivity (Wildman–Crippen MR) is 72.0 cm³/mol. The highest BCUT2D eigenvalue weighted by atomic mass is 35.5. The van der Waals surface area contributed by atoms with E-state index in [1.807, 2.05) is 0 Å². The zero-order chi connectivity index (χ0) is 13.1. The van der Waals surface area contributed by atoms with Crippen LogP contribution in [-0.2, 0) is 4.79 Å². The molecular formula is C11H13Cl2NO2S. The zero-order valence-corrected chi connectivity index (χ0v) is 11.6. The van der Waals surface area contributed by atoms with Crippen LogP contribution in [0.5, 0.6) is 0 Å². The van der Waals surface area contributed by atoms with Crippen LogP contribution in [0.1, 0.15) is 13.3 Å². The molecule has 0 bridgehead atoms. The number of carboxylic acids is 1. The first-order chi connectivity index (χ1) is 7.83. The van der Waals surface area contributed by atoms with Crippen molar-refractivity contribution in [3.8, 4) is 0 Å². The van der Waals surface area contributed by atoms with E-state index in [1.165, 1.54) is 18.7 Å². The summed E-state index contributed by atoms with van der Waals surface area (Å²) >= 11 is 13.3. The van der Waals surface area contributed by atoms with E-state index >= 15 is 0 Å². The van der Waals surface area contributed by atoms with Crippen molar-refractivity contribution in [3.63, 3.8) is 0 Å². The molecule has 0 radical (unpaired) electrons. The highest BCUT2D eigenvalue weighted by Gasteiger charge is 2.27. The molecule has 0 fully saturated rings. The molecule has 0 aliphatic rings. The molecule has 17 heavy (non-hydrogen) atoms. The number of carbonyl (C=O) groups is 1. The van der Waals surface area contributed by atoms with Crippen LogP contribution in [0.3, 0.4) is 0 Å². The van der Waals surface area contributed by atoms with Crippen molar-refractivity contribution >= 4 is 40.9 Å². The Kier molecular flexibility index (Phi) is 5.13. The number of halogens is 2. The Bertz CT molecular complexity index is 424. The Labute approximate surface area is 114 Å². The molecule has 6 heteroatoms. The van der Waals surface area contributed by atoms with Crippen molar-refractivity contribution in [3.05, 3.63) is 28.2 Å². The summed E-state index contributed by atoms with van der Waals surface area (Å²) in [6.07, 6.45) is 0.357. The van der Waals surface area contributed by atoms with Crippen molar-refractivity contribution in [1.29, 1.82) is 0 Å². The largest absolute Gasteiger partial charge is 0.480 e. The number of carboxylic acid groups (broad SMARTS) is 1. The minimum atomic E-state index is -1.21. The average Bonchev–Trinajstić information content (AvgIpc) is 2.22. The second kappa shape index (κ2) is 5.96. The van der Waals surface area contributed by atoms with E-state index in [0.29, 0.717) is 22.2 Å². The Balaban J connectivity index is 2.57. The standard InChI is InChI=1S/C11H13Cl2NO2S/c1-11(14,10(15)16)4-5-17-9-6-7(12)2-3-8(9)13/h2-3,6H,4-5,14H2,1H3,(H,15,16). The molecule has 1 atom stereocenters. The van der Waals surface area contributed by atoms with Gasteiger partial charge in [-0.2, -0.15) is 0 Å². The quantitative estimate of drug-likeness (QED) is 0.818. The molecule has 1 aromatic rings. The Hall–Kier alpha value is -0.420. The predicted octanol–water partition coefficient (Wildman–Crippen LogP) is 3.28. The van der Waals surface area contributed by atoms with Gasteiger partial charge in [0.05, 0.1) is 5.02 Å². The highest BCUT2D eigenvalue weighted by Crippen LogP contribution is 2.30. The molecule has 3 nitrogen and oxygen atoms in total. The first-order valence-corrected chi connectivity index (χ1v) is 6.67. The molecule has 0 saturated heterocycles. The van der Waals surface area contributed by atoms with Crippen LogP contribution in [0, 0.1) is 0 Å². The molecule has 94 valence electrons. The molecule has 0 saturated carbocycles. The first-order valence-electron chi connectivity index (χ1n) is 4.93. The SMILES string of the molecule is CC(N)(CCSc1cc(Cl)ccc1Cl)C(=O)O. The third-order valence-electron chi connectivity index (χ3n) is 2.26. The lowest BCUT2D eigenvalue weighted by molar-refractivity contribution is -0.142. The molecular weight excluding hydrogens is 281 g/mol. The lowest BCUT2D eigenvalue weighted by Crippen LogP contribution is -2.45. The van der Waals surface area contributed by atoms with Crippen molar-refractivity contribution in [1.82, 2.24) is 0 Å². The summed E-state index contributed by atoms with van der Waals surface area (Å²) in [5, 5.41) is 10.1. The van der Waals surface area contributed by atoms with Crippen molar-refractivity contribution < 1.29 is 9.90 Å². The maximum absolute atomic E-state index is 10.8. The maximum Gasteiger partial charge on any atom is 0.323 e. The molecule has 1 aromatic carbocycles. The van der Waals surface area contributed by atoms with Gasteiger partial charge in [0.15, 0.2) is 0 Å². The van der Waals surface area contributed by atoms with Crippen LogP contribution in [0.25, 0.3) is 0 Å². The number of aliphatic carboxylic acids is 1. The average molecular weight is 294 g/mol. The number of nitrogens with two attached hydrogens (primary N) is 1. The van der Waals surface area contributed by atoms with E-state index in [9.17, 15) is 4.79 Å². The molecule has 0 aliphatic carbocycles. The van der Waals surface area contributed by atoms with Crippen LogP contribution >= 0.6 is 35.0 Å². The van der Waals surface area contributed by atoms with Gasteiger partial charge in [-0.1, -0.05) is 23.2 Å². The third kappa shape index (κ3) is 4.39. The zero-order valence-electron chi connectivity index (χ0n) is 9.24. The van der Waals surface area contributed by atoms with Gasteiger partial charge in [-0.15, -0.1) is 11.8 Å². The van der Waals surface area contributed by atoms with E-state index in [1.54, 1.807) is 18.2 Å². The fraction of sp³-hybridized carbons (Fsp3) is 0.364. The van der Waals surface area contributed by atoms with Crippen LogP contribution in [0.2, 0.25) is 10.0 Å². The van der Waals surface area contributed by atoms with E-state index in [2.05, 4.69) is 0 Å². The molecule has 1 unspecified atom stereocenters. The van der Waals surface area contributed by atoms with Crippen LogP contribution in [-0.4, -0.2) is 22.4 Å². The molecule has 0 heterocycles. The van der Waals surface area contributed by atoms with Crippen LogP contribution in [0.15, 0.2) is 23.1 Å². The number of hydrogen-bond acceptors (Lipinski definition) is 3. The van der Waals surface area contributed by atoms with Gasteiger partial charge in [-0.3, -0.25) is 4.79 Å². The smallest absolute Gasteiger partial charge is 0.323 e. The van der Waals surface area contributed by atoms with Gasteiger partial charge >= 0.3 is 5.97 Å². The lowest BCUT2D eigenvalue weighted by atomic mass is 10.0. The fourth-order valence-corrected chi connectivity index (χ4v) is 2.75. The minimum absolute atomic E-state index is 0.357. The number of rotatable bonds is 5. The summed E-state index contributed by atoms with van der Waals surface area (Å²) in [4.78, 5) is 11.6. The van der Waals surface area contributed by atoms with Gasteiger partial charge in [0, 0.05) is 15.7 Å². The van der Waals surface area contributed by atoms with Crippen LogP contribution < -0.4 is 5.73 Å². The van der Waals surface area contributed by atoms with E-state index < -0.39 is 11.5 Å². The maximum atomic E-state index is 10.8. The normalized spacial score (nSPS) is 14.4. The monoisotopic (exact) mass is 293 g/mol. The van der Waals surface area contributed by atoms with Crippen molar-refractivity contribution in [2.24, 2.45) is 5.73 Å². The third-order valence-corrected chi connectivity index (χ3v) is 3.99. The second-order valence-corrected chi connectivity index (χ2v) is 5.88. The molecule has 1 rings (SSSR count). The van der Waals surface area contributed by atoms with Crippen LogP contribution in [0.4, 0.5) is 0 Å². The van der Waals surface area contributed by atoms with Gasteiger partial charge in [-0.05, 0) is 31.5 Å². The lowest BCUT2D eigenvalue weighted by Gasteiger charge is -2.18. The van der Waals surface area contributed by atoms with Crippen molar-refractivity contribution in [2.45, 2.75) is 23.8 Å². The Morgan fingerprint density at radius 1 is 1.53 bits per heavy atom. The van der Waals surface area contributed by atoms with Gasteiger partial charge in [0.2, 0.25) is 0 Å². The van der Waals surface area contributed by atoms with E-state index in [-0.39, 0.29) is 0 Å². The second-order valence-electron chi connectivity index (χ2n) is 3.90. The molecule has 3 N–H and O–H groups in total.